The molecule has 0 unspecified atom stereocenters. The number of benzene rings is 1. The highest BCUT2D eigenvalue weighted by Gasteiger charge is 2.08. The number of rotatable bonds is 4. The van der Waals surface area contributed by atoms with E-state index in [2.05, 4.69) is 4.79 Å². The van der Waals surface area contributed by atoms with Gasteiger partial charge in [0, 0.05) is 18.2 Å². The molecular weight excluding hydrogens is 212 g/mol. The van der Waals surface area contributed by atoms with Crippen LogP contribution in [0.4, 0.5) is 0 Å². The van der Waals surface area contributed by atoms with Gasteiger partial charge in [0.05, 0.1) is 14.2 Å². The van der Waals surface area contributed by atoms with Gasteiger partial charge in [-0.3, -0.25) is 0 Å². The summed E-state index contributed by atoms with van der Waals surface area (Å²) in [5, 5.41) is 0. The molecule has 0 heterocycles. The van der Waals surface area contributed by atoms with Gasteiger partial charge in [0.2, 0.25) is 0 Å². The van der Waals surface area contributed by atoms with Crippen molar-refractivity contribution in [3.8, 4) is 17.2 Å². The molecule has 6 heteroatoms. The molecule has 0 N–H and O–H groups in total. The van der Waals surface area contributed by atoms with Crippen LogP contribution in [0.25, 0.3) is 5.53 Å². The lowest BCUT2D eigenvalue weighted by atomic mass is 10.3. The number of methoxy groups -OCH3 is 2. The maximum atomic E-state index is 11.0. The Labute approximate surface area is 92.0 Å². The highest BCUT2D eigenvalue weighted by atomic mass is 16.5. The first-order valence-corrected chi connectivity index (χ1v) is 4.32. The molecule has 0 aliphatic carbocycles. The number of nitrogens with zero attached hydrogens (tertiary/aromatic N) is 2. The van der Waals surface area contributed by atoms with Crippen LogP contribution < -0.4 is 14.2 Å². The molecule has 1 aromatic carbocycles. The Bertz CT molecular complexity index is 416. The molecule has 1 rings (SSSR count). The van der Waals surface area contributed by atoms with Crippen molar-refractivity contribution >= 4 is 12.2 Å². The maximum Gasteiger partial charge on any atom is 0.419 e. The molecule has 16 heavy (non-hydrogen) atoms. The lowest BCUT2D eigenvalue weighted by Gasteiger charge is -2.06. The van der Waals surface area contributed by atoms with Crippen LogP contribution in [-0.4, -0.2) is 31.2 Å². The average Bonchev–Trinajstić information content (AvgIpc) is 2.28. The summed E-state index contributed by atoms with van der Waals surface area (Å²) in [4.78, 5) is 13.6. The summed E-state index contributed by atoms with van der Waals surface area (Å²) in [6, 6.07) is 4.65. The lowest BCUT2D eigenvalue weighted by molar-refractivity contribution is -0.130. The van der Waals surface area contributed by atoms with E-state index in [-0.39, 0.29) is 5.75 Å². The standard InChI is InChI=1S/C10H10N2O4/c1-14-7-3-8(15-2)5-9(4-7)16-10(13)6-12-11/h3-6H,1-2H3. The lowest BCUT2D eigenvalue weighted by Crippen LogP contribution is -2.09. The summed E-state index contributed by atoms with van der Waals surface area (Å²) in [5.74, 6) is 0.421. The Kier molecular flexibility index (Phi) is 4.06. The molecule has 1 aromatic rings. The zero-order chi connectivity index (χ0) is 12.0. The first-order valence-electron chi connectivity index (χ1n) is 4.32. The van der Waals surface area contributed by atoms with Crippen molar-refractivity contribution in [3.63, 3.8) is 0 Å². The zero-order valence-corrected chi connectivity index (χ0v) is 8.84. The van der Waals surface area contributed by atoms with Gasteiger partial charge in [-0.2, -0.15) is 4.79 Å². The van der Waals surface area contributed by atoms with Crippen molar-refractivity contribution in [1.29, 1.82) is 0 Å². The van der Waals surface area contributed by atoms with Gasteiger partial charge in [-0.05, 0) is 0 Å². The molecule has 84 valence electrons. The second-order valence-corrected chi connectivity index (χ2v) is 2.71. The van der Waals surface area contributed by atoms with Crippen molar-refractivity contribution in [2.24, 2.45) is 0 Å². The van der Waals surface area contributed by atoms with Gasteiger partial charge in [0.15, 0.2) is 0 Å². The van der Waals surface area contributed by atoms with E-state index < -0.39 is 5.97 Å². The fourth-order valence-corrected chi connectivity index (χ4v) is 1.03. The Hall–Kier alpha value is -2.33. The van der Waals surface area contributed by atoms with Crippen molar-refractivity contribution in [2.75, 3.05) is 14.2 Å². The van der Waals surface area contributed by atoms with E-state index in [9.17, 15) is 4.79 Å². The SMILES string of the molecule is COc1cc(OC)cc(OC(=O)C=[N+]=[N-])c1. The van der Waals surface area contributed by atoms with Gasteiger partial charge in [-0.25, -0.2) is 4.79 Å². The molecular formula is C10H10N2O4. The molecule has 6 nitrogen and oxygen atoms in total. The third kappa shape index (κ3) is 3.11. The summed E-state index contributed by atoms with van der Waals surface area (Å²) in [7, 11) is 2.96. The van der Waals surface area contributed by atoms with Crippen LogP contribution in [0.15, 0.2) is 18.2 Å². The number of hydrogen-bond acceptors (Lipinski definition) is 4. The van der Waals surface area contributed by atoms with Gasteiger partial charge in [0.25, 0.3) is 0 Å². The molecule has 0 saturated carbocycles. The number of hydrogen-bond donors (Lipinski definition) is 0. The van der Waals surface area contributed by atoms with E-state index in [1.165, 1.54) is 26.4 Å². The Morgan fingerprint density at radius 3 is 2.12 bits per heavy atom. The normalized spacial score (nSPS) is 8.88. The Balaban J connectivity index is 2.94. The first kappa shape index (κ1) is 11.7. The third-order valence-electron chi connectivity index (χ3n) is 1.71. The predicted molar refractivity (Wildman–Crippen MR) is 54.9 cm³/mol. The zero-order valence-electron chi connectivity index (χ0n) is 8.84. The predicted octanol–water partition coefficient (Wildman–Crippen LogP) is 0.910. The Morgan fingerprint density at radius 1 is 1.19 bits per heavy atom. The van der Waals surface area contributed by atoms with Gasteiger partial charge in [0.1, 0.15) is 17.2 Å². The summed E-state index contributed by atoms with van der Waals surface area (Å²) >= 11 is 0. The molecule has 0 atom stereocenters. The number of carbonyl (C=O) groups is 1. The number of carbonyl (C=O) groups excluding carboxylic acids is 1. The monoisotopic (exact) mass is 222 g/mol. The van der Waals surface area contributed by atoms with E-state index in [0.717, 1.165) is 0 Å². The van der Waals surface area contributed by atoms with Gasteiger partial charge < -0.3 is 19.7 Å². The first-order chi connectivity index (χ1) is 7.69. The second-order valence-electron chi connectivity index (χ2n) is 2.71. The van der Waals surface area contributed by atoms with Gasteiger partial charge >= 0.3 is 12.2 Å². The second kappa shape index (κ2) is 5.53. The van der Waals surface area contributed by atoms with Crippen LogP contribution >= 0.6 is 0 Å². The minimum Gasteiger partial charge on any atom is -0.496 e. The molecule has 0 aromatic heterocycles. The quantitative estimate of drug-likeness (QED) is 0.249. The van der Waals surface area contributed by atoms with Crippen LogP contribution in [0.5, 0.6) is 17.2 Å². The minimum atomic E-state index is -0.794. The molecule has 0 fully saturated rings. The van der Waals surface area contributed by atoms with Crippen molar-refractivity contribution < 1.29 is 23.8 Å². The van der Waals surface area contributed by atoms with Crippen molar-refractivity contribution in [2.45, 2.75) is 0 Å². The van der Waals surface area contributed by atoms with E-state index in [1.807, 2.05) is 0 Å². The fraction of sp³-hybridized carbons (Fsp3) is 0.200. The minimum absolute atomic E-state index is 0.237. The van der Waals surface area contributed by atoms with E-state index >= 15 is 0 Å². The summed E-state index contributed by atoms with van der Waals surface area (Å²) in [6.45, 7) is 0. The third-order valence-corrected chi connectivity index (χ3v) is 1.71. The topological polar surface area (TPSA) is 81.2 Å². The summed E-state index contributed by atoms with van der Waals surface area (Å²) in [6.07, 6.45) is 0.645. The molecule has 0 amide bonds. The smallest absolute Gasteiger partial charge is 0.419 e. The van der Waals surface area contributed by atoms with E-state index in [1.54, 1.807) is 6.07 Å². The van der Waals surface area contributed by atoms with Crippen LogP contribution in [0.2, 0.25) is 0 Å². The molecule has 0 aliphatic heterocycles. The number of ether oxygens (including phenoxy) is 3. The van der Waals surface area contributed by atoms with Crippen LogP contribution in [0.3, 0.4) is 0 Å². The molecule has 0 bridgehead atoms. The maximum absolute atomic E-state index is 11.0. The van der Waals surface area contributed by atoms with Gasteiger partial charge in [-0.1, -0.05) is 0 Å². The largest absolute Gasteiger partial charge is 0.496 e. The van der Waals surface area contributed by atoms with Crippen LogP contribution in [0, 0.1) is 0 Å². The number of esters is 1. The Morgan fingerprint density at radius 2 is 1.69 bits per heavy atom. The van der Waals surface area contributed by atoms with E-state index in [4.69, 9.17) is 19.7 Å². The summed E-state index contributed by atoms with van der Waals surface area (Å²) < 4.78 is 14.8. The molecule has 0 aliphatic rings. The van der Waals surface area contributed by atoms with Crippen molar-refractivity contribution in [1.82, 2.24) is 0 Å². The molecule has 0 radical (unpaired) electrons. The highest BCUT2D eigenvalue weighted by Crippen LogP contribution is 2.27. The molecule has 0 spiro atoms. The van der Waals surface area contributed by atoms with Crippen LogP contribution in [0.1, 0.15) is 0 Å². The average molecular weight is 222 g/mol. The fourth-order valence-electron chi connectivity index (χ4n) is 1.03. The van der Waals surface area contributed by atoms with Crippen LogP contribution in [-0.2, 0) is 4.79 Å². The van der Waals surface area contributed by atoms with Gasteiger partial charge in [-0.15, -0.1) is 0 Å². The highest BCUT2D eigenvalue weighted by molar-refractivity contribution is 6.21. The van der Waals surface area contributed by atoms with Crippen molar-refractivity contribution in [3.05, 3.63) is 23.7 Å². The molecule has 0 saturated heterocycles. The van der Waals surface area contributed by atoms with E-state index in [0.29, 0.717) is 17.7 Å². The summed E-state index contributed by atoms with van der Waals surface area (Å²) in [5.41, 5.74) is 8.14.